The van der Waals surface area contributed by atoms with Crippen molar-refractivity contribution in [3.05, 3.63) is 22.6 Å². The standard InChI is InChI=1S/C10H14BrNOS/c1-14-10(4-5-10)7-12-6-8-2-3-9(11)13-8/h2-3,12H,4-7H2,1H3. The largest absolute Gasteiger partial charge is 0.453 e. The van der Waals surface area contributed by atoms with Crippen molar-refractivity contribution < 1.29 is 4.42 Å². The first-order valence-corrected chi connectivity index (χ1v) is 6.76. The minimum atomic E-state index is 0.532. The first-order chi connectivity index (χ1) is 6.74. The summed E-state index contributed by atoms with van der Waals surface area (Å²) in [5, 5.41) is 3.43. The summed E-state index contributed by atoms with van der Waals surface area (Å²) in [5.74, 6) is 0.994. The van der Waals surface area contributed by atoms with E-state index in [2.05, 4.69) is 27.5 Å². The molecule has 1 aromatic rings. The molecule has 0 saturated heterocycles. The van der Waals surface area contributed by atoms with Gasteiger partial charge in [-0.1, -0.05) is 0 Å². The van der Waals surface area contributed by atoms with Crippen molar-refractivity contribution in [2.24, 2.45) is 0 Å². The van der Waals surface area contributed by atoms with Crippen molar-refractivity contribution in [2.45, 2.75) is 24.1 Å². The van der Waals surface area contributed by atoms with E-state index >= 15 is 0 Å². The van der Waals surface area contributed by atoms with Gasteiger partial charge < -0.3 is 9.73 Å². The van der Waals surface area contributed by atoms with Crippen molar-refractivity contribution in [3.8, 4) is 0 Å². The lowest BCUT2D eigenvalue weighted by atomic mass is 10.4. The fourth-order valence-corrected chi connectivity index (χ4v) is 2.55. The molecule has 2 nitrogen and oxygen atoms in total. The Balaban J connectivity index is 1.73. The van der Waals surface area contributed by atoms with Crippen molar-refractivity contribution >= 4 is 27.7 Å². The monoisotopic (exact) mass is 275 g/mol. The second-order valence-electron chi connectivity index (χ2n) is 3.70. The van der Waals surface area contributed by atoms with Crippen LogP contribution in [0.3, 0.4) is 0 Å². The predicted octanol–water partition coefficient (Wildman–Crippen LogP) is 3.03. The third kappa shape index (κ3) is 2.55. The smallest absolute Gasteiger partial charge is 0.169 e. The molecule has 1 saturated carbocycles. The molecule has 14 heavy (non-hydrogen) atoms. The van der Waals surface area contributed by atoms with Gasteiger partial charge in [0.1, 0.15) is 5.76 Å². The molecule has 0 unspecified atom stereocenters. The molecule has 0 aromatic carbocycles. The summed E-state index contributed by atoms with van der Waals surface area (Å²) in [6.45, 7) is 1.92. The van der Waals surface area contributed by atoms with Gasteiger partial charge in [0.15, 0.2) is 4.67 Å². The van der Waals surface area contributed by atoms with Crippen molar-refractivity contribution in [2.75, 3.05) is 12.8 Å². The zero-order valence-electron chi connectivity index (χ0n) is 8.18. The Morgan fingerprint density at radius 1 is 1.57 bits per heavy atom. The molecular formula is C10H14BrNOS. The maximum Gasteiger partial charge on any atom is 0.169 e. The zero-order chi connectivity index (χ0) is 10.0. The Morgan fingerprint density at radius 2 is 2.36 bits per heavy atom. The normalized spacial score (nSPS) is 18.4. The molecule has 1 fully saturated rings. The molecule has 78 valence electrons. The van der Waals surface area contributed by atoms with Crippen LogP contribution in [0.1, 0.15) is 18.6 Å². The fraction of sp³-hybridized carbons (Fsp3) is 0.600. The molecule has 0 bridgehead atoms. The quantitative estimate of drug-likeness (QED) is 0.895. The van der Waals surface area contributed by atoms with E-state index < -0.39 is 0 Å². The van der Waals surface area contributed by atoms with Crippen molar-refractivity contribution in [3.63, 3.8) is 0 Å². The molecule has 0 spiro atoms. The average molecular weight is 276 g/mol. The SMILES string of the molecule is CSC1(CNCc2ccc(Br)o2)CC1. The van der Waals surface area contributed by atoms with Crippen molar-refractivity contribution in [1.29, 1.82) is 0 Å². The highest BCUT2D eigenvalue weighted by atomic mass is 79.9. The highest BCUT2D eigenvalue weighted by molar-refractivity contribution is 9.10. The summed E-state index contributed by atoms with van der Waals surface area (Å²) < 4.78 is 6.74. The highest BCUT2D eigenvalue weighted by Gasteiger charge is 2.41. The topological polar surface area (TPSA) is 25.2 Å². The van der Waals surface area contributed by atoms with Crippen LogP contribution in [0, 0.1) is 0 Å². The molecule has 4 heteroatoms. The second-order valence-corrected chi connectivity index (χ2v) is 5.75. The van der Waals surface area contributed by atoms with Gasteiger partial charge in [-0.15, -0.1) is 0 Å². The molecule has 0 atom stereocenters. The van der Waals surface area contributed by atoms with E-state index in [-0.39, 0.29) is 0 Å². The lowest BCUT2D eigenvalue weighted by Gasteiger charge is -2.11. The maximum atomic E-state index is 5.40. The number of furan rings is 1. The molecule has 1 aromatic heterocycles. The molecule has 2 rings (SSSR count). The maximum absolute atomic E-state index is 5.40. The minimum Gasteiger partial charge on any atom is -0.453 e. The molecule has 1 heterocycles. The van der Waals surface area contributed by atoms with Gasteiger partial charge in [0.05, 0.1) is 6.54 Å². The molecule has 1 aliphatic rings. The van der Waals surface area contributed by atoms with Gasteiger partial charge in [-0.25, -0.2) is 0 Å². The number of hydrogen-bond donors (Lipinski definition) is 1. The van der Waals surface area contributed by atoms with Crippen molar-refractivity contribution in [1.82, 2.24) is 5.32 Å². The lowest BCUT2D eigenvalue weighted by Crippen LogP contribution is -2.25. The van der Waals surface area contributed by atoms with Gasteiger partial charge in [0, 0.05) is 11.3 Å². The van der Waals surface area contributed by atoms with E-state index in [0.29, 0.717) is 4.75 Å². The Hall–Kier alpha value is 0.0700. The Labute approximate surface area is 97.0 Å². The third-order valence-electron chi connectivity index (χ3n) is 2.62. The van der Waals surface area contributed by atoms with Crippen LogP contribution in [0.4, 0.5) is 0 Å². The molecule has 0 aliphatic heterocycles. The van der Waals surface area contributed by atoms with Gasteiger partial charge in [0.2, 0.25) is 0 Å². The predicted molar refractivity (Wildman–Crippen MR) is 63.6 cm³/mol. The summed E-state index contributed by atoms with van der Waals surface area (Å²) in [4.78, 5) is 0. The van der Waals surface area contributed by atoms with Gasteiger partial charge in [-0.2, -0.15) is 11.8 Å². The fourth-order valence-electron chi connectivity index (χ4n) is 1.45. The Bertz CT molecular complexity index is 309. The van der Waals surface area contributed by atoms with Crippen LogP contribution in [0.5, 0.6) is 0 Å². The van der Waals surface area contributed by atoms with E-state index in [1.54, 1.807) is 0 Å². The lowest BCUT2D eigenvalue weighted by molar-refractivity contribution is 0.464. The zero-order valence-corrected chi connectivity index (χ0v) is 10.6. The molecule has 0 amide bonds. The van der Waals surface area contributed by atoms with Gasteiger partial charge in [0.25, 0.3) is 0 Å². The van der Waals surface area contributed by atoms with Crippen LogP contribution in [-0.2, 0) is 6.54 Å². The molecule has 1 aliphatic carbocycles. The van der Waals surface area contributed by atoms with Crippen LogP contribution >= 0.6 is 27.7 Å². The number of hydrogen-bond acceptors (Lipinski definition) is 3. The highest BCUT2D eigenvalue weighted by Crippen LogP contribution is 2.46. The van der Waals surface area contributed by atoms with Crippen LogP contribution in [-0.4, -0.2) is 17.5 Å². The number of thioether (sulfide) groups is 1. The summed E-state index contributed by atoms with van der Waals surface area (Å²) in [6.07, 6.45) is 4.89. The number of rotatable bonds is 5. The van der Waals surface area contributed by atoms with E-state index in [1.165, 1.54) is 12.8 Å². The van der Waals surface area contributed by atoms with Crippen LogP contribution in [0.25, 0.3) is 0 Å². The van der Waals surface area contributed by atoms with Gasteiger partial charge >= 0.3 is 0 Å². The Morgan fingerprint density at radius 3 is 2.86 bits per heavy atom. The first-order valence-electron chi connectivity index (χ1n) is 4.74. The molecular weight excluding hydrogens is 262 g/mol. The number of halogens is 1. The van der Waals surface area contributed by atoms with E-state index in [1.807, 2.05) is 23.9 Å². The Kier molecular flexibility index (Phi) is 3.24. The van der Waals surface area contributed by atoms with E-state index in [4.69, 9.17) is 4.42 Å². The molecule has 1 N–H and O–H groups in total. The number of nitrogens with one attached hydrogen (secondary N) is 1. The van der Waals surface area contributed by atoms with E-state index in [0.717, 1.165) is 23.5 Å². The summed E-state index contributed by atoms with van der Waals surface area (Å²) in [7, 11) is 0. The summed E-state index contributed by atoms with van der Waals surface area (Å²) in [5.41, 5.74) is 0. The average Bonchev–Trinajstić information content (AvgIpc) is 2.84. The molecule has 0 radical (unpaired) electrons. The van der Waals surface area contributed by atoms with Crippen LogP contribution in [0.2, 0.25) is 0 Å². The van der Waals surface area contributed by atoms with Crippen LogP contribution < -0.4 is 5.32 Å². The van der Waals surface area contributed by atoms with Gasteiger partial charge in [-0.3, -0.25) is 0 Å². The van der Waals surface area contributed by atoms with Crippen LogP contribution in [0.15, 0.2) is 21.2 Å². The first kappa shape index (κ1) is 10.6. The van der Waals surface area contributed by atoms with Gasteiger partial charge in [-0.05, 0) is 47.2 Å². The third-order valence-corrected chi connectivity index (χ3v) is 4.46. The van der Waals surface area contributed by atoms with E-state index in [9.17, 15) is 0 Å². The minimum absolute atomic E-state index is 0.532. The summed E-state index contributed by atoms with van der Waals surface area (Å²) >= 11 is 5.27. The second kappa shape index (κ2) is 4.29. The summed E-state index contributed by atoms with van der Waals surface area (Å²) in [6, 6.07) is 3.92.